The minimum atomic E-state index is -3.16. The first-order valence-electron chi connectivity index (χ1n) is 6.68. The molecule has 4 nitrogen and oxygen atoms in total. The molecule has 0 unspecified atom stereocenters. The Morgan fingerprint density at radius 1 is 1.20 bits per heavy atom. The molecule has 1 aromatic heterocycles. The summed E-state index contributed by atoms with van der Waals surface area (Å²) in [5, 5.41) is 3.27. The molecule has 0 aliphatic heterocycles. The van der Waals surface area contributed by atoms with Gasteiger partial charge in [-0.1, -0.05) is 13.0 Å². The lowest BCUT2D eigenvalue weighted by Crippen LogP contribution is -2.07. The second-order valence-electron chi connectivity index (χ2n) is 4.85. The average Bonchev–Trinajstić information content (AvgIpc) is 2.84. The average molecular weight is 292 g/mol. The maximum absolute atomic E-state index is 11.5. The molecule has 0 saturated carbocycles. The number of benzene rings is 1. The van der Waals surface area contributed by atoms with Crippen molar-refractivity contribution in [2.24, 2.45) is 0 Å². The van der Waals surface area contributed by atoms with E-state index in [2.05, 4.69) is 29.1 Å². The number of aromatic nitrogens is 1. The van der Waals surface area contributed by atoms with Gasteiger partial charge in [-0.25, -0.2) is 8.42 Å². The van der Waals surface area contributed by atoms with Gasteiger partial charge in [-0.05, 0) is 36.8 Å². The van der Waals surface area contributed by atoms with Crippen LogP contribution in [0, 0.1) is 0 Å². The molecule has 1 aromatic carbocycles. The summed E-state index contributed by atoms with van der Waals surface area (Å²) in [4.78, 5) is 0.339. The Bertz CT molecular complexity index is 675. The first kappa shape index (κ1) is 14.7. The zero-order chi connectivity index (χ0) is 14.6. The Hall–Kier alpha value is -1.75. The summed E-state index contributed by atoms with van der Waals surface area (Å²) in [5.41, 5.74) is 2.01. The minimum absolute atomic E-state index is 0.339. The summed E-state index contributed by atoms with van der Waals surface area (Å²) in [7, 11) is -3.16. The van der Waals surface area contributed by atoms with Crippen molar-refractivity contribution >= 4 is 15.5 Å². The molecule has 0 atom stereocenters. The van der Waals surface area contributed by atoms with Crippen molar-refractivity contribution in [3.05, 3.63) is 48.3 Å². The monoisotopic (exact) mass is 292 g/mol. The highest BCUT2D eigenvalue weighted by molar-refractivity contribution is 7.90. The summed E-state index contributed by atoms with van der Waals surface area (Å²) in [6.07, 6.45) is 4.37. The third-order valence-corrected chi connectivity index (χ3v) is 4.23. The number of rotatable bonds is 6. The van der Waals surface area contributed by atoms with Gasteiger partial charge in [0.25, 0.3) is 0 Å². The Labute approximate surface area is 120 Å². The van der Waals surface area contributed by atoms with E-state index >= 15 is 0 Å². The van der Waals surface area contributed by atoms with Crippen LogP contribution in [0.2, 0.25) is 0 Å². The second-order valence-corrected chi connectivity index (χ2v) is 6.86. The Balaban J connectivity index is 2.09. The normalized spacial score (nSPS) is 11.5. The van der Waals surface area contributed by atoms with Crippen LogP contribution in [0.15, 0.2) is 47.5 Å². The van der Waals surface area contributed by atoms with Crippen molar-refractivity contribution in [2.75, 3.05) is 11.6 Å². The molecule has 0 amide bonds. The number of anilines is 1. The largest absolute Gasteiger partial charge is 0.379 e. The van der Waals surface area contributed by atoms with Gasteiger partial charge in [0.1, 0.15) is 0 Å². The van der Waals surface area contributed by atoms with E-state index in [0.29, 0.717) is 11.4 Å². The number of hydrogen-bond donors (Lipinski definition) is 1. The summed E-state index contributed by atoms with van der Waals surface area (Å²) >= 11 is 0. The lowest BCUT2D eigenvalue weighted by Gasteiger charge is -2.11. The standard InChI is InChI=1S/C15H20N2O2S/c1-3-9-17-10-5-7-14(17)12-16-13-6-4-8-15(11-13)20(2,18)19/h4-8,10-11,16H,3,9,12H2,1-2H3. The highest BCUT2D eigenvalue weighted by atomic mass is 32.2. The molecule has 0 bridgehead atoms. The molecule has 2 aromatic rings. The maximum Gasteiger partial charge on any atom is 0.175 e. The molecule has 0 fully saturated rings. The van der Waals surface area contributed by atoms with Crippen molar-refractivity contribution in [3.8, 4) is 0 Å². The van der Waals surface area contributed by atoms with E-state index in [1.165, 1.54) is 11.9 Å². The molecule has 1 N–H and O–H groups in total. The van der Waals surface area contributed by atoms with Gasteiger partial charge in [-0.3, -0.25) is 0 Å². The van der Waals surface area contributed by atoms with E-state index in [-0.39, 0.29) is 0 Å². The Morgan fingerprint density at radius 2 is 2.00 bits per heavy atom. The Morgan fingerprint density at radius 3 is 2.70 bits per heavy atom. The number of sulfone groups is 1. The van der Waals surface area contributed by atoms with Crippen LogP contribution in [0.4, 0.5) is 5.69 Å². The molecule has 1 heterocycles. The van der Waals surface area contributed by atoms with Gasteiger partial charge in [0.15, 0.2) is 9.84 Å². The lowest BCUT2D eigenvalue weighted by atomic mass is 10.3. The summed E-state index contributed by atoms with van der Waals surface area (Å²) < 4.78 is 25.3. The van der Waals surface area contributed by atoms with Gasteiger partial charge in [0.2, 0.25) is 0 Å². The van der Waals surface area contributed by atoms with Crippen molar-refractivity contribution in [2.45, 2.75) is 31.3 Å². The molecule has 0 radical (unpaired) electrons. The SMILES string of the molecule is CCCn1cccc1CNc1cccc(S(C)(=O)=O)c1. The Kier molecular flexibility index (Phi) is 4.49. The number of hydrogen-bond acceptors (Lipinski definition) is 3. The molecule has 108 valence electrons. The quantitative estimate of drug-likeness (QED) is 0.890. The van der Waals surface area contributed by atoms with Gasteiger partial charge in [0, 0.05) is 30.4 Å². The highest BCUT2D eigenvalue weighted by Gasteiger charge is 2.07. The second kappa shape index (κ2) is 6.13. The van der Waals surface area contributed by atoms with Crippen LogP contribution in [0.1, 0.15) is 19.0 Å². The zero-order valence-corrected chi connectivity index (χ0v) is 12.7. The summed E-state index contributed by atoms with van der Waals surface area (Å²) in [6.45, 7) is 3.82. The molecular formula is C15H20N2O2S. The van der Waals surface area contributed by atoms with Gasteiger partial charge in [0.05, 0.1) is 11.4 Å². The molecule has 0 saturated heterocycles. The number of aryl methyl sites for hydroxylation is 1. The first-order chi connectivity index (χ1) is 9.50. The van der Waals surface area contributed by atoms with E-state index < -0.39 is 9.84 Å². The highest BCUT2D eigenvalue weighted by Crippen LogP contribution is 2.16. The third-order valence-electron chi connectivity index (χ3n) is 3.12. The van der Waals surface area contributed by atoms with Crippen LogP contribution >= 0.6 is 0 Å². The number of nitrogens with one attached hydrogen (secondary N) is 1. The summed E-state index contributed by atoms with van der Waals surface area (Å²) in [5.74, 6) is 0. The van der Waals surface area contributed by atoms with Crippen LogP contribution in [0.5, 0.6) is 0 Å². The van der Waals surface area contributed by atoms with Gasteiger partial charge < -0.3 is 9.88 Å². The predicted octanol–water partition coefficient (Wildman–Crippen LogP) is 2.91. The van der Waals surface area contributed by atoms with Crippen molar-refractivity contribution in [3.63, 3.8) is 0 Å². The molecule has 5 heteroatoms. The van der Waals surface area contributed by atoms with E-state index in [4.69, 9.17) is 0 Å². The van der Waals surface area contributed by atoms with Crippen LogP contribution < -0.4 is 5.32 Å². The predicted molar refractivity (Wildman–Crippen MR) is 81.6 cm³/mol. The lowest BCUT2D eigenvalue weighted by molar-refractivity contribution is 0.602. The minimum Gasteiger partial charge on any atom is -0.379 e. The fourth-order valence-corrected chi connectivity index (χ4v) is 2.77. The summed E-state index contributed by atoms with van der Waals surface area (Å²) in [6, 6.07) is 11.0. The topological polar surface area (TPSA) is 51.1 Å². The molecule has 0 aliphatic rings. The molecular weight excluding hydrogens is 272 g/mol. The fourth-order valence-electron chi connectivity index (χ4n) is 2.10. The smallest absolute Gasteiger partial charge is 0.175 e. The van der Waals surface area contributed by atoms with Crippen molar-refractivity contribution in [1.29, 1.82) is 0 Å². The third kappa shape index (κ3) is 3.63. The van der Waals surface area contributed by atoms with Crippen molar-refractivity contribution < 1.29 is 8.42 Å². The van der Waals surface area contributed by atoms with Gasteiger partial charge in [-0.2, -0.15) is 0 Å². The fraction of sp³-hybridized carbons (Fsp3) is 0.333. The van der Waals surface area contributed by atoms with Crippen LogP contribution in [0.25, 0.3) is 0 Å². The molecule has 2 rings (SSSR count). The number of nitrogens with zero attached hydrogens (tertiary/aromatic N) is 1. The molecule has 20 heavy (non-hydrogen) atoms. The van der Waals surface area contributed by atoms with Gasteiger partial charge in [-0.15, -0.1) is 0 Å². The van der Waals surface area contributed by atoms with Gasteiger partial charge >= 0.3 is 0 Å². The van der Waals surface area contributed by atoms with E-state index in [9.17, 15) is 8.42 Å². The maximum atomic E-state index is 11.5. The first-order valence-corrected chi connectivity index (χ1v) is 8.58. The van der Waals surface area contributed by atoms with E-state index in [1.54, 1.807) is 18.2 Å². The van der Waals surface area contributed by atoms with Crippen LogP contribution in [-0.4, -0.2) is 19.2 Å². The van der Waals surface area contributed by atoms with E-state index in [0.717, 1.165) is 18.7 Å². The van der Waals surface area contributed by atoms with E-state index in [1.807, 2.05) is 12.1 Å². The molecule has 0 spiro atoms. The van der Waals surface area contributed by atoms with Crippen molar-refractivity contribution in [1.82, 2.24) is 4.57 Å². The van der Waals surface area contributed by atoms with Crippen LogP contribution in [-0.2, 0) is 22.9 Å². The molecule has 0 aliphatic carbocycles. The zero-order valence-electron chi connectivity index (χ0n) is 11.8. The van der Waals surface area contributed by atoms with Crippen LogP contribution in [0.3, 0.4) is 0 Å².